The summed E-state index contributed by atoms with van der Waals surface area (Å²) in [6.45, 7) is 35.2. The van der Waals surface area contributed by atoms with E-state index >= 15 is 0 Å². The second-order valence-corrected chi connectivity index (χ2v) is 20.1. The largest absolute Gasteiger partial charge is 0.469 e. The summed E-state index contributed by atoms with van der Waals surface area (Å²) in [7, 11) is 4.35. The van der Waals surface area contributed by atoms with E-state index in [2.05, 4.69) is 131 Å². The normalized spacial score (nSPS) is 10.1. The molecule has 0 amide bonds. The van der Waals surface area contributed by atoms with E-state index in [-0.39, 0.29) is 17.9 Å². The van der Waals surface area contributed by atoms with Gasteiger partial charge in [-0.25, -0.2) is 0 Å². The molecule has 0 fully saturated rings. The van der Waals surface area contributed by atoms with Crippen molar-refractivity contribution in [3.63, 3.8) is 0 Å². The number of ether oxygens (including phenoxy) is 3. The summed E-state index contributed by atoms with van der Waals surface area (Å²) < 4.78 is 13.8. The molecule has 0 unspecified atom stereocenters. The number of rotatable bonds is 49. The average molecular weight is 1110 g/mol. The Balaban J connectivity index is -0.000000166. The number of carbonyl (C=O) groups excluding carboxylic acids is 3. The van der Waals surface area contributed by atoms with Crippen LogP contribution < -0.4 is 0 Å². The zero-order valence-corrected chi connectivity index (χ0v) is 54.2. The van der Waals surface area contributed by atoms with Gasteiger partial charge in [0.1, 0.15) is 0 Å². The Bertz CT molecular complexity index is 1280. The number of hydrogen-bond donors (Lipinski definition) is 0. The number of methoxy groups -OCH3 is 3. The van der Waals surface area contributed by atoms with E-state index in [9.17, 15) is 14.4 Å². The monoisotopic (exact) mass is 1110 g/mol. The fourth-order valence-corrected chi connectivity index (χ4v) is 7.65. The van der Waals surface area contributed by atoms with Crippen molar-refractivity contribution in [1.82, 2.24) is 0 Å². The van der Waals surface area contributed by atoms with Gasteiger partial charge in [-0.1, -0.05) is 236 Å². The van der Waals surface area contributed by atoms with E-state index in [1.165, 1.54) is 220 Å². The first kappa shape index (κ1) is 88.9. The Morgan fingerprint density at radius 2 is 0.570 bits per heavy atom. The van der Waals surface area contributed by atoms with Crippen molar-refractivity contribution in [2.24, 2.45) is 5.92 Å². The maximum atomic E-state index is 10.9. The highest BCUT2D eigenvalue weighted by Crippen LogP contribution is 2.13. The van der Waals surface area contributed by atoms with E-state index in [0.29, 0.717) is 19.3 Å². The van der Waals surface area contributed by atoms with Crippen LogP contribution in [0.3, 0.4) is 0 Å². The quantitative estimate of drug-likeness (QED) is 0.0261. The molecule has 0 rings (SSSR count). The zero-order valence-electron chi connectivity index (χ0n) is 54.2. The maximum Gasteiger partial charge on any atom is 0.305 e. The molecule has 0 saturated carbocycles. The Morgan fingerprint density at radius 3 is 0.835 bits per heavy atom. The molecule has 0 aliphatic heterocycles. The maximum absolute atomic E-state index is 10.9. The Labute approximate surface area is 495 Å². The average Bonchev–Trinajstić information content (AvgIpc) is 3.47. The number of carbonyl (C=O) groups is 3. The van der Waals surface area contributed by atoms with E-state index in [1.807, 2.05) is 30.4 Å². The van der Waals surface area contributed by atoms with Gasteiger partial charge in [0.15, 0.2) is 0 Å². The molecule has 0 spiro atoms. The molecular formula is C73H136O6. The summed E-state index contributed by atoms with van der Waals surface area (Å²) in [5, 5.41) is 0. The van der Waals surface area contributed by atoms with Gasteiger partial charge >= 0.3 is 17.9 Å². The van der Waals surface area contributed by atoms with Crippen molar-refractivity contribution in [1.29, 1.82) is 0 Å². The number of hydrogen-bond acceptors (Lipinski definition) is 6. The molecule has 0 aromatic carbocycles. The smallest absolute Gasteiger partial charge is 0.305 e. The van der Waals surface area contributed by atoms with E-state index in [4.69, 9.17) is 0 Å². The minimum absolute atomic E-state index is 0.0763. The SMILES string of the molecule is C=C.C=CCC=C.C=CCCCCC.C=CCCCCCCCC.C=CCCCCCCCC(=O)OC.CCC(/C=C\C/C=C/CCCCCCCC(=O)OC)CC.CCCCCCCC/C=C/CCCCCCCC(=O)OC. The molecule has 0 saturated heterocycles. The van der Waals surface area contributed by atoms with Crippen molar-refractivity contribution < 1.29 is 28.6 Å². The fraction of sp³-hybridized carbons (Fsp3) is 0.712. The lowest BCUT2D eigenvalue weighted by Gasteiger charge is -2.03. The first-order valence-corrected chi connectivity index (χ1v) is 32.3. The predicted molar refractivity (Wildman–Crippen MR) is 356 cm³/mol. The lowest BCUT2D eigenvalue weighted by atomic mass is 10.0. The highest BCUT2D eigenvalue weighted by Gasteiger charge is 2.01. The molecule has 0 aliphatic rings. The van der Waals surface area contributed by atoms with Gasteiger partial charge in [0.25, 0.3) is 0 Å². The minimum Gasteiger partial charge on any atom is -0.469 e. The van der Waals surface area contributed by atoms with Gasteiger partial charge in [0.05, 0.1) is 21.3 Å². The van der Waals surface area contributed by atoms with Crippen LogP contribution in [0, 0.1) is 5.92 Å². The van der Waals surface area contributed by atoms with Crippen LogP contribution >= 0.6 is 0 Å². The molecule has 0 bridgehead atoms. The Kier molecular flexibility index (Phi) is 105. The topological polar surface area (TPSA) is 78.9 Å². The summed E-state index contributed by atoms with van der Waals surface area (Å²) in [5.74, 6) is 0.501. The van der Waals surface area contributed by atoms with Crippen LogP contribution in [0.1, 0.15) is 311 Å². The molecule has 0 radical (unpaired) electrons. The molecular weight excluding hydrogens is 973 g/mol. The number of unbranched alkanes of at least 4 members (excludes halogenated alkanes) is 30. The van der Waals surface area contributed by atoms with E-state index in [1.54, 1.807) is 0 Å². The third-order valence-corrected chi connectivity index (χ3v) is 12.9. The van der Waals surface area contributed by atoms with E-state index < -0.39 is 0 Å². The van der Waals surface area contributed by atoms with Gasteiger partial charge in [-0.15, -0.1) is 46.1 Å². The summed E-state index contributed by atoms with van der Waals surface area (Å²) in [6, 6.07) is 0. The molecule has 0 aromatic heterocycles. The molecule has 6 heteroatoms. The van der Waals surface area contributed by atoms with Gasteiger partial charge in [-0.3, -0.25) is 14.4 Å². The molecule has 464 valence electrons. The third-order valence-electron chi connectivity index (χ3n) is 12.9. The summed E-state index contributed by atoms with van der Waals surface area (Å²) in [6.07, 6.45) is 75.0. The van der Waals surface area contributed by atoms with Crippen molar-refractivity contribution in [3.8, 4) is 0 Å². The van der Waals surface area contributed by atoms with Gasteiger partial charge in [0.2, 0.25) is 0 Å². The highest BCUT2D eigenvalue weighted by molar-refractivity contribution is 5.69. The summed E-state index contributed by atoms with van der Waals surface area (Å²) in [4.78, 5) is 32.5. The van der Waals surface area contributed by atoms with E-state index in [0.717, 1.165) is 63.7 Å². The van der Waals surface area contributed by atoms with Crippen LogP contribution in [0.5, 0.6) is 0 Å². The van der Waals surface area contributed by atoms with Crippen molar-refractivity contribution >= 4 is 17.9 Å². The van der Waals surface area contributed by atoms with Crippen molar-refractivity contribution in [3.05, 3.63) is 113 Å². The van der Waals surface area contributed by atoms with Crippen LogP contribution in [-0.4, -0.2) is 39.2 Å². The van der Waals surface area contributed by atoms with Gasteiger partial charge in [0, 0.05) is 19.3 Å². The zero-order chi connectivity index (χ0) is 60.6. The lowest BCUT2D eigenvalue weighted by Crippen LogP contribution is -1.98. The van der Waals surface area contributed by atoms with Gasteiger partial charge in [-0.05, 0) is 128 Å². The summed E-state index contributed by atoms with van der Waals surface area (Å²) >= 11 is 0. The molecule has 0 N–H and O–H groups in total. The second-order valence-electron chi connectivity index (χ2n) is 20.1. The Morgan fingerprint density at radius 1 is 0.316 bits per heavy atom. The molecule has 0 heterocycles. The third kappa shape index (κ3) is 107. The Hall–Kier alpha value is -3.93. The summed E-state index contributed by atoms with van der Waals surface area (Å²) in [5.41, 5.74) is 0. The second kappa shape index (κ2) is 93.4. The van der Waals surface area contributed by atoms with Crippen molar-refractivity contribution in [2.75, 3.05) is 21.3 Å². The predicted octanol–water partition coefficient (Wildman–Crippen LogP) is 24.3. The van der Waals surface area contributed by atoms with Crippen LogP contribution in [0.2, 0.25) is 0 Å². The molecule has 0 aromatic rings. The van der Waals surface area contributed by atoms with Crippen LogP contribution in [0.25, 0.3) is 0 Å². The molecule has 0 atom stereocenters. The highest BCUT2D eigenvalue weighted by atomic mass is 16.5. The van der Waals surface area contributed by atoms with Crippen LogP contribution in [0.4, 0.5) is 0 Å². The standard InChI is InChI=1S/C19H34O2.C19H36O2.C11H20O2.C10H20.C7H14.C5H8.C2H4/c1-4-18(5-2)16-14-12-10-8-6-7-9-11-13-15-17-19(20)21-3;1-3-4-5-6-7-8-9-10-11-12-13-14-15-16-17-18-19(20)21-2;1-3-4-5-6-7-8-9-10-11(12)13-2;1-3-5-7-9-10-8-6-4-2;1-3-5-7-6-4-2;1-3-5-4-2;1-2/h8,10,14,16,18H,4-7,9,11-13,15,17H2,1-3H3;10-11H,3-9,12-18H2,1-2H3;3H,1,4-10H2,2H3;3H,1,4-10H2,2H3;3H,1,4-7H2,2H3;3-4H,1-2,5H2;1-2H2/b10-8+,16-14-;11-10+;;;;;. The minimum atomic E-state index is -0.0916. The molecule has 6 nitrogen and oxygen atoms in total. The number of esters is 3. The van der Waals surface area contributed by atoms with Crippen LogP contribution in [0.15, 0.2) is 113 Å². The first-order valence-electron chi connectivity index (χ1n) is 32.3. The lowest BCUT2D eigenvalue weighted by molar-refractivity contribution is -0.141. The fourth-order valence-electron chi connectivity index (χ4n) is 7.65. The molecule has 0 aliphatic carbocycles. The van der Waals surface area contributed by atoms with Gasteiger partial charge in [-0.2, -0.15) is 0 Å². The van der Waals surface area contributed by atoms with Crippen molar-refractivity contribution in [2.45, 2.75) is 311 Å². The first-order chi connectivity index (χ1) is 38.6. The van der Waals surface area contributed by atoms with Crippen LogP contribution in [-0.2, 0) is 28.6 Å². The number of allylic oxidation sites excluding steroid dienone is 11. The van der Waals surface area contributed by atoms with Gasteiger partial charge < -0.3 is 14.2 Å². The molecule has 79 heavy (non-hydrogen) atoms.